The second-order valence-electron chi connectivity index (χ2n) is 5.11. The molecule has 0 saturated carbocycles. The average molecular weight is 308 g/mol. The van der Waals surface area contributed by atoms with Gasteiger partial charge in [0.15, 0.2) is 0 Å². The Labute approximate surface area is 125 Å². The standard InChI is InChI=1S/C14H20N4O2S/c1-18(2)9-8-14(12-6-4-3-5-7-12)17-21(19,20)13-10-15-16-11-13/h3-7,10-11,14,17H,8-9H2,1-2H3,(H,15,16)/t14-/m1/s1. The quantitative estimate of drug-likeness (QED) is 0.810. The van der Waals surface area contributed by atoms with Gasteiger partial charge in [-0.1, -0.05) is 30.3 Å². The van der Waals surface area contributed by atoms with Crippen molar-refractivity contribution in [2.45, 2.75) is 17.4 Å². The fourth-order valence-corrected chi connectivity index (χ4v) is 3.17. The van der Waals surface area contributed by atoms with Crippen LogP contribution < -0.4 is 4.72 Å². The highest BCUT2D eigenvalue weighted by Gasteiger charge is 2.22. The van der Waals surface area contributed by atoms with Crippen molar-refractivity contribution in [3.05, 3.63) is 48.3 Å². The van der Waals surface area contributed by atoms with E-state index in [0.29, 0.717) is 6.42 Å². The van der Waals surface area contributed by atoms with Gasteiger partial charge in [0.25, 0.3) is 0 Å². The Morgan fingerprint density at radius 3 is 2.57 bits per heavy atom. The maximum Gasteiger partial charge on any atom is 0.244 e. The number of aromatic amines is 1. The molecule has 0 aliphatic heterocycles. The number of hydrogen-bond acceptors (Lipinski definition) is 4. The summed E-state index contributed by atoms with van der Waals surface area (Å²) in [5, 5.41) is 6.21. The first-order chi connectivity index (χ1) is 9.99. The van der Waals surface area contributed by atoms with E-state index in [4.69, 9.17) is 0 Å². The van der Waals surface area contributed by atoms with Crippen LogP contribution >= 0.6 is 0 Å². The molecule has 114 valence electrons. The van der Waals surface area contributed by atoms with E-state index in [0.717, 1.165) is 12.1 Å². The lowest BCUT2D eigenvalue weighted by Crippen LogP contribution is -2.30. The van der Waals surface area contributed by atoms with Gasteiger partial charge in [0.1, 0.15) is 4.90 Å². The molecule has 2 N–H and O–H groups in total. The molecule has 0 spiro atoms. The van der Waals surface area contributed by atoms with E-state index in [-0.39, 0.29) is 10.9 Å². The number of H-pyrrole nitrogens is 1. The second kappa shape index (κ2) is 6.84. The molecular formula is C14H20N4O2S. The first-order valence-electron chi connectivity index (χ1n) is 6.70. The Hall–Kier alpha value is -1.70. The van der Waals surface area contributed by atoms with Gasteiger partial charge in [-0.2, -0.15) is 5.10 Å². The first kappa shape index (κ1) is 15.7. The third kappa shape index (κ3) is 4.38. The first-order valence-corrected chi connectivity index (χ1v) is 8.18. The van der Waals surface area contributed by atoms with Crippen molar-refractivity contribution in [3.63, 3.8) is 0 Å². The molecule has 1 heterocycles. The van der Waals surface area contributed by atoms with E-state index in [1.807, 2.05) is 49.3 Å². The van der Waals surface area contributed by atoms with Crippen LogP contribution in [0.3, 0.4) is 0 Å². The van der Waals surface area contributed by atoms with Gasteiger partial charge < -0.3 is 4.90 Å². The molecule has 0 fully saturated rings. The predicted molar refractivity (Wildman–Crippen MR) is 81.3 cm³/mol. The van der Waals surface area contributed by atoms with Crippen molar-refractivity contribution < 1.29 is 8.42 Å². The summed E-state index contributed by atoms with van der Waals surface area (Å²) in [6.07, 6.45) is 3.36. The van der Waals surface area contributed by atoms with Crippen LogP contribution in [-0.2, 0) is 10.0 Å². The van der Waals surface area contributed by atoms with Crippen molar-refractivity contribution in [1.82, 2.24) is 19.8 Å². The van der Waals surface area contributed by atoms with E-state index >= 15 is 0 Å². The summed E-state index contributed by atoms with van der Waals surface area (Å²) in [5.41, 5.74) is 0.950. The highest BCUT2D eigenvalue weighted by atomic mass is 32.2. The normalized spacial score (nSPS) is 13.5. The molecule has 0 unspecified atom stereocenters. The van der Waals surface area contributed by atoms with Gasteiger partial charge in [0.05, 0.1) is 6.20 Å². The van der Waals surface area contributed by atoms with Crippen LogP contribution in [-0.4, -0.2) is 44.2 Å². The largest absolute Gasteiger partial charge is 0.309 e. The number of sulfonamides is 1. The van der Waals surface area contributed by atoms with Gasteiger partial charge in [0, 0.05) is 12.2 Å². The summed E-state index contributed by atoms with van der Waals surface area (Å²) in [6, 6.07) is 9.32. The number of nitrogens with one attached hydrogen (secondary N) is 2. The lowest BCUT2D eigenvalue weighted by molar-refractivity contribution is 0.375. The minimum Gasteiger partial charge on any atom is -0.309 e. The topological polar surface area (TPSA) is 78.1 Å². The smallest absolute Gasteiger partial charge is 0.244 e. The van der Waals surface area contributed by atoms with Crippen LogP contribution in [0.15, 0.2) is 47.6 Å². The zero-order chi connectivity index (χ0) is 15.3. The van der Waals surface area contributed by atoms with E-state index in [1.165, 1.54) is 12.4 Å². The maximum atomic E-state index is 12.3. The summed E-state index contributed by atoms with van der Waals surface area (Å²) in [6.45, 7) is 0.785. The molecule has 0 aliphatic carbocycles. The molecule has 0 bridgehead atoms. The molecule has 0 aliphatic rings. The van der Waals surface area contributed by atoms with E-state index in [1.54, 1.807) is 0 Å². The van der Waals surface area contributed by atoms with E-state index in [2.05, 4.69) is 14.9 Å². The lowest BCUT2D eigenvalue weighted by Gasteiger charge is -2.20. The van der Waals surface area contributed by atoms with Crippen molar-refractivity contribution in [2.75, 3.05) is 20.6 Å². The Morgan fingerprint density at radius 1 is 1.29 bits per heavy atom. The van der Waals surface area contributed by atoms with Crippen LogP contribution in [0.25, 0.3) is 0 Å². The highest BCUT2D eigenvalue weighted by Crippen LogP contribution is 2.20. The van der Waals surface area contributed by atoms with Crippen LogP contribution in [0.1, 0.15) is 18.0 Å². The highest BCUT2D eigenvalue weighted by molar-refractivity contribution is 7.89. The molecule has 7 heteroatoms. The zero-order valence-electron chi connectivity index (χ0n) is 12.2. The van der Waals surface area contributed by atoms with Gasteiger partial charge in [-0.3, -0.25) is 5.10 Å². The minimum atomic E-state index is -3.57. The van der Waals surface area contributed by atoms with E-state index < -0.39 is 10.0 Å². The summed E-state index contributed by atoms with van der Waals surface area (Å²) in [7, 11) is 0.355. The Kier molecular flexibility index (Phi) is 5.11. The van der Waals surface area contributed by atoms with Crippen molar-refractivity contribution in [2.24, 2.45) is 0 Å². The van der Waals surface area contributed by atoms with Crippen LogP contribution in [0.5, 0.6) is 0 Å². The maximum absolute atomic E-state index is 12.3. The molecule has 2 aromatic rings. The molecule has 1 atom stereocenters. The average Bonchev–Trinajstić information content (AvgIpc) is 2.99. The monoisotopic (exact) mass is 308 g/mol. The SMILES string of the molecule is CN(C)CC[C@@H](NS(=O)(=O)c1cn[nH]c1)c1ccccc1. The Balaban J connectivity index is 2.20. The van der Waals surface area contributed by atoms with Crippen LogP contribution in [0.2, 0.25) is 0 Å². The van der Waals surface area contributed by atoms with Crippen molar-refractivity contribution in [1.29, 1.82) is 0 Å². The number of rotatable bonds is 7. The van der Waals surface area contributed by atoms with Gasteiger partial charge >= 0.3 is 0 Å². The molecule has 1 aromatic carbocycles. The molecule has 2 rings (SSSR count). The molecule has 1 aromatic heterocycles. The van der Waals surface area contributed by atoms with Crippen molar-refractivity contribution in [3.8, 4) is 0 Å². The van der Waals surface area contributed by atoms with Gasteiger partial charge in [-0.05, 0) is 32.6 Å². The lowest BCUT2D eigenvalue weighted by atomic mass is 10.0. The molecule has 0 saturated heterocycles. The molecule has 6 nitrogen and oxygen atoms in total. The summed E-state index contributed by atoms with van der Waals surface area (Å²) in [4.78, 5) is 2.18. The molecule has 0 radical (unpaired) electrons. The van der Waals surface area contributed by atoms with Crippen molar-refractivity contribution >= 4 is 10.0 Å². The van der Waals surface area contributed by atoms with E-state index in [9.17, 15) is 8.42 Å². The second-order valence-corrected chi connectivity index (χ2v) is 6.82. The Morgan fingerprint density at radius 2 is 2.00 bits per heavy atom. The van der Waals surface area contributed by atoms with Crippen LogP contribution in [0.4, 0.5) is 0 Å². The molecule has 0 amide bonds. The van der Waals surface area contributed by atoms with Gasteiger partial charge in [-0.15, -0.1) is 0 Å². The summed E-state index contributed by atoms with van der Waals surface area (Å²) < 4.78 is 27.4. The summed E-state index contributed by atoms with van der Waals surface area (Å²) in [5.74, 6) is 0. The number of aromatic nitrogens is 2. The zero-order valence-corrected chi connectivity index (χ0v) is 13.0. The summed E-state index contributed by atoms with van der Waals surface area (Å²) >= 11 is 0. The third-order valence-corrected chi connectivity index (χ3v) is 4.59. The minimum absolute atomic E-state index is 0.147. The number of nitrogens with zero attached hydrogens (tertiary/aromatic N) is 2. The van der Waals surface area contributed by atoms with Gasteiger partial charge in [-0.25, -0.2) is 13.1 Å². The Bertz CT molecular complexity index is 639. The van der Waals surface area contributed by atoms with Crippen LogP contribution in [0, 0.1) is 0 Å². The fourth-order valence-electron chi connectivity index (χ4n) is 2.01. The van der Waals surface area contributed by atoms with Gasteiger partial charge in [0.2, 0.25) is 10.0 Å². The molecule has 21 heavy (non-hydrogen) atoms. The fraction of sp³-hybridized carbons (Fsp3) is 0.357. The molecular weight excluding hydrogens is 288 g/mol. The predicted octanol–water partition coefficient (Wildman–Crippen LogP) is 1.38. The number of benzene rings is 1. The number of hydrogen-bond donors (Lipinski definition) is 2. The third-order valence-electron chi connectivity index (χ3n) is 3.15.